The Balaban J connectivity index is 2.20. The van der Waals surface area contributed by atoms with Crippen molar-refractivity contribution in [2.24, 2.45) is 0 Å². The molecule has 2 aromatic rings. The minimum absolute atomic E-state index is 0.315. The van der Waals surface area contributed by atoms with Crippen molar-refractivity contribution < 1.29 is 0 Å². The Hall–Kier alpha value is -2.04. The molecule has 0 aliphatic rings. The predicted octanol–water partition coefficient (Wildman–Crippen LogP) is 4.88. The molecule has 0 spiro atoms. The van der Waals surface area contributed by atoms with E-state index in [9.17, 15) is 0 Å². The van der Waals surface area contributed by atoms with Crippen molar-refractivity contribution in [1.82, 2.24) is 4.90 Å². The van der Waals surface area contributed by atoms with E-state index >= 15 is 0 Å². The maximum absolute atomic E-state index is 3.40. The molecule has 0 saturated heterocycles. The van der Waals surface area contributed by atoms with Crippen LogP contribution in [0.15, 0.2) is 60.7 Å². The Kier molecular flexibility index (Phi) is 6.74. The SMILES string of the molecule is CC#CC(CCC)N(Cc1ccccc1)Cc1ccccc1. The average Bonchev–Trinajstić information content (AvgIpc) is 2.56. The predicted molar refractivity (Wildman–Crippen MR) is 94.3 cm³/mol. The molecule has 1 atom stereocenters. The van der Waals surface area contributed by atoms with Crippen LogP contribution in [0.2, 0.25) is 0 Å². The van der Waals surface area contributed by atoms with Crippen LogP contribution in [0.4, 0.5) is 0 Å². The van der Waals surface area contributed by atoms with Crippen LogP contribution in [-0.2, 0) is 13.1 Å². The molecule has 2 aromatic carbocycles. The number of nitrogens with zero attached hydrogens (tertiary/aromatic N) is 1. The summed E-state index contributed by atoms with van der Waals surface area (Å²) in [5, 5.41) is 0. The number of rotatable bonds is 7. The van der Waals surface area contributed by atoms with Gasteiger partial charge in [-0.2, -0.15) is 0 Å². The van der Waals surface area contributed by atoms with Gasteiger partial charge in [-0.3, -0.25) is 4.90 Å². The summed E-state index contributed by atoms with van der Waals surface area (Å²) in [6, 6.07) is 21.7. The Morgan fingerprint density at radius 2 is 1.36 bits per heavy atom. The zero-order valence-corrected chi connectivity index (χ0v) is 13.6. The van der Waals surface area contributed by atoms with E-state index in [0.29, 0.717) is 6.04 Å². The Labute approximate surface area is 135 Å². The smallest absolute Gasteiger partial charge is 0.0720 e. The highest BCUT2D eigenvalue weighted by molar-refractivity contribution is 5.19. The highest BCUT2D eigenvalue weighted by Gasteiger charge is 2.16. The van der Waals surface area contributed by atoms with Gasteiger partial charge in [0.25, 0.3) is 0 Å². The minimum atomic E-state index is 0.315. The number of hydrogen-bond donors (Lipinski definition) is 0. The first kappa shape index (κ1) is 16.3. The summed E-state index contributed by atoms with van der Waals surface area (Å²) in [5.74, 6) is 6.51. The van der Waals surface area contributed by atoms with Gasteiger partial charge >= 0.3 is 0 Å². The highest BCUT2D eigenvalue weighted by Crippen LogP contribution is 2.16. The van der Waals surface area contributed by atoms with Crippen molar-refractivity contribution in [1.29, 1.82) is 0 Å². The third-order valence-corrected chi connectivity index (χ3v) is 3.77. The monoisotopic (exact) mass is 291 g/mol. The Morgan fingerprint density at radius 3 is 1.77 bits per heavy atom. The minimum Gasteiger partial charge on any atom is -0.281 e. The van der Waals surface area contributed by atoms with Gasteiger partial charge in [0.1, 0.15) is 0 Å². The molecule has 1 unspecified atom stereocenters. The topological polar surface area (TPSA) is 3.24 Å². The van der Waals surface area contributed by atoms with E-state index in [1.165, 1.54) is 11.1 Å². The molecule has 2 rings (SSSR count). The molecule has 1 nitrogen and oxygen atoms in total. The van der Waals surface area contributed by atoms with Gasteiger partial charge in [0.05, 0.1) is 6.04 Å². The normalized spacial score (nSPS) is 11.8. The fraction of sp³-hybridized carbons (Fsp3) is 0.333. The fourth-order valence-electron chi connectivity index (χ4n) is 2.70. The third-order valence-electron chi connectivity index (χ3n) is 3.77. The molecule has 0 N–H and O–H groups in total. The number of hydrogen-bond acceptors (Lipinski definition) is 1. The largest absolute Gasteiger partial charge is 0.281 e. The van der Waals surface area contributed by atoms with Gasteiger partial charge in [-0.15, -0.1) is 5.92 Å². The van der Waals surface area contributed by atoms with Crippen molar-refractivity contribution >= 4 is 0 Å². The average molecular weight is 291 g/mol. The van der Waals surface area contributed by atoms with E-state index in [4.69, 9.17) is 0 Å². The summed E-state index contributed by atoms with van der Waals surface area (Å²) < 4.78 is 0. The molecule has 0 fully saturated rings. The lowest BCUT2D eigenvalue weighted by atomic mass is 10.1. The lowest BCUT2D eigenvalue weighted by Gasteiger charge is -2.28. The van der Waals surface area contributed by atoms with Gasteiger partial charge < -0.3 is 0 Å². The molecule has 114 valence electrons. The van der Waals surface area contributed by atoms with Crippen LogP contribution < -0.4 is 0 Å². The Bertz CT molecular complexity index is 551. The molecule has 1 heteroatoms. The van der Waals surface area contributed by atoms with E-state index in [1.807, 2.05) is 6.92 Å². The van der Waals surface area contributed by atoms with Gasteiger partial charge in [0.2, 0.25) is 0 Å². The fourth-order valence-corrected chi connectivity index (χ4v) is 2.70. The first-order valence-electron chi connectivity index (χ1n) is 8.07. The molecule has 22 heavy (non-hydrogen) atoms. The van der Waals surface area contributed by atoms with Crippen LogP contribution >= 0.6 is 0 Å². The second-order valence-electron chi connectivity index (χ2n) is 5.57. The lowest BCUT2D eigenvalue weighted by Crippen LogP contribution is -2.33. The van der Waals surface area contributed by atoms with Crippen molar-refractivity contribution in [3.8, 4) is 11.8 Å². The van der Waals surface area contributed by atoms with Crippen molar-refractivity contribution in [3.05, 3.63) is 71.8 Å². The molecule has 0 heterocycles. The van der Waals surface area contributed by atoms with Gasteiger partial charge in [0, 0.05) is 13.1 Å². The second kappa shape index (κ2) is 9.07. The molecular formula is C21H25N. The van der Waals surface area contributed by atoms with Crippen molar-refractivity contribution in [2.75, 3.05) is 0 Å². The van der Waals surface area contributed by atoms with Gasteiger partial charge in [-0.25, -0.2) is 0 Å². The van der Waals surface area contributed by atoms with Gasteiger partial charge in [0.15, 0.2) is 0 Å². The van der Waals surface area contributed by atoms with Crippen LogP contribution in [0.3, 0.4) is 0 Å². The first-order chi connectivity index (χ1) is 10.8. The summed E-state index contributed by atoms with van der Waals surface area (Å²) in [4.78, 5) is 2.49. The zero-order valence-electron chi connectivity index (χ0n) is 13.6. The molecule has 0 bridgehead atoms. The maximum atomic E-state index is 3.40. The second-order valence-corrected chi connectivity index (χ2v) is 5.57. The van der Waals surface area contributed by atoms with E-state index in [1.54, 1.807) is 0 Å². The number of benzene rings is 2. The molecule has 0 amide bonds. The Morgan fingerprint density at radius 1 is 0.864 bits per heavy atom. The third kappa shape index (κ3) is 5.06. The molecule has 0 aliphatic heterocycles. The van der Waals surface area contributed by atoms with Crippen LogP contribution in [0.1, 0.15) is 37.8 Å². The molecule has 0 saturated carbocycles. The van der Waals surface area contributed by atoms with Crippen molar-refractivity contribution in [2.45, 2.75) is 45.8 Å². The maximum Gasteiger partial charge on any atom is 0.0720 e. The van der Waals surface area contributed by atoms with Gasteiger partial charge in [-0.05, 0) is 24.5 Å². The zero-order chi connectivity index (χ0) is 15.6. The summed E-state index contributed by atoms with van der Waals surface area (Å²) in [5.41, 5.74) is 2.69. The standard InChI is InChI=1S/C21H25N/c1-3-11-21(12-4-2)22(17-19-13-7-5-8-14-19)18-20-15-9-6-10-16-20/h5-10,13-16,21H,3,11,17-18H2,1-2H3. The first-order valence-corrected chi connectivity index (χ1v) is 8.07. The summed E-state index contributed by atoms with van der Waals surface area (Å²) in [6.45, 7) is 6.05. The van der Waals surface area contributed by atoms with Crippen LogP contribution in [0, 0.1) is 11.8 Å². The summed E-state index contributed by atoms with van der Waals surface area (Å²) in [7, 11) is 0. The van der Waals surface area contributed by atoms with Crippen LogP contribution in [0.5, 0.6) is 0 Å². The van der Waals surface area contributed by atoms with Crippen molar-refractivity contribution in [3.63, 3.8) is 0 Å². The quantitative estimate of drug-likeness (QED) is 0.657. The lowest BCUT2D eigenvalue weighted by molar-refractivity contribution is 0.207. The van der Waals surface area contributed by atoms with E-state index < -0.39 is 0 Å². The molecule has 0 radical (unpaired) electrons. The van der Waals surface area contributed by atoms with Gasteiger partial charge in [-0.1, -0.05) is 79.9 Å². The summed E-state index contributed by atoms with van der Waals surface area (Å²) >= 11 is 0. The van der Waals surface area contributed by atoms with Crippen LogP contribution in [-0.4, -0.2) is 10.9 Å². The van der Waals surface area contributed by atoms with E-state index in [-0.39, 0.29) is 0 Å². The molecule has 0 aromatic heterocycles. The molecule has 0 aliphatic carbocycles. The van der Waals surface area contributed by atoms with E-state index in [0.717, 1.165) is 25.9 Å². The summed E-state index contributed by atoms with van der Waals surface area (Å²) in [6.07, 6.45) is 2.26. The molecular weight excluding hydrogens is 266 g/mol. The highest BCUT2D eigenvalue weighted by atomic mass is 15.1. The van der Waals surface area contributed by atoms with Crippen LogP contribution in [0.25, 0.3) is 0 Å². The van der Waals surface area contributed by atoms with E-state index in [2.05, 4.69) is 84.3 Å².